The normalized spacial score (nSPS) is 19.8. The maximum atomic E-state index is 13.7. The monoisotopic (exact) mass is 261 g/mol. The predicted molar refractivity (Wildman–Crippen MR) is 73.1 cm³/mol. The van der Waals surface area contributed by atoms with E-state index in [0.29, 0.717) is 23.6 Å². The molecule has 0 radical (unpaired) electrons. The molecule has 1 aliphatic heterocycles. The van der Waals surface area contributed by atoms with Crippen molar-refractivity contribution >= 4 is 0 Å². The second-order valence-electron chi connectivity index (χ2n) is 5.53. The number of hydrogen-bond acceptors (Lipinski definition) is 3. The molecule has 1 aliphatic rings. The molecule has 1 heterocycles. The summed E-state index contributed by atoms with van der Waals surface area (Å²) >= 11 is 0. The molecule has 4 heteroatoms. The highest BCUT2D eigenvalue weighted by atomic mass is 19.1. The van der Waals surface area contributed by atoms with Crippen LogP contribution in [0.3, 0.4) is 0 Å². The van der Waals surface area contributed by atoms with Gasteiger partial charge in [-0.15, -0.1) is 0 Å². The summed E-state index contributed by atoms with van der Waals surface area (Å²) in [6.07, 6.45) is 1.21. The highest BCUT2D eigenvalue weighted by Crippen LogP contribution is 2.17. The number of rotatable bonds is 4. The SMILES string of the molecule is CN1CCC(CN(C)Cc2cc(C#N)ccc2F)C1. The third-order valence-electron chi connectivity index (χ3n) is 3.67. The lowest BCUT2D eigenvalue weighted by Gasteiger charge is -2.21. The van der Waals surface area contributed by atoms with Crippen molar-refractivity contribution in [2.24, 2.45) is 5.92 Å². The largest absolute Gasteiger partial charge is 0.306 e. The Kier molecular flexibility index (Phi) is 4.52. The van der Waals surface area contributed by atoms with Crippen LogP contribution in [0.5, 0.6) is 0 Å². The number of nitrogens with zero attached hydrogens (tertiary/aromatic N) is 3. The van der Waals surface area contributed by atoms with Crippen LogP contribution in [0.2, 0.25) is 0 Å². The van der Waals surface area contributed by atoms with Crippen molar-refractivity contribution in [2.45, 2.75) is 13.0 Å². The molecule has 2 rings (SSSR count). The first-order chi connectivity index (χ1) is 9.08. The van der Waals surface area contributed by atoms with Crippen molar-refractivity contribution in [1.29, 1.82) is 5.26 Å². The van der Waals surface area contributed by atoms with Gasteiger partial charge in [0.1, 0.15) is 5.82 Å². The van der Waals surface area contributed by atoms with Gasteiger partial charge in [0.05, 0.1) is 11.6 Å². The first-order valence-electron chi connectivity index (χ1n) is 6.64. The fourth-order valence-electron chi connectivity index (χ4n) is 2.74. The van der Waals surface area contributed by atoms with Crippen LogP contribution in [0.15, 0.2) is 18.2 Å². The molecule has 1 unspecified atom stereocenters. The van der Waals surface area contributed by atoms with E-state index < -0.39 is 0 Å². The van der Waals surface area contributed by atoms with Gasteiger partial charge in [-0.2, -0.15) is 5.26 Å². The minimum absolute atomic E-state index is 0.227. The number of benzene rings is 1. The number of likely N-dealkylation sites (tertiary alicyclic amines) is 1. The van der Waals surface area contributed by atoms with Crippen LogP contribution in [-0.4, -0.2) is 43.5 Å². The second-order valence-corrected chi connectivity index (χ2v) is 5.53. The Morgan fingerprint density at radius 2 is 2.32 bits per heavy atom. The molecule has 0 aliphatic carbocycles. The van der Waals surface area contributed by atoms with Gasteiger partial charge in [-0.1, -0.05) is 0 Å². The van der Waals surface area contributed by atoms with Gasteiger partial charge in [0, 0.05) is 25.2 Å². The Bertz CT molecular complexity index is 481. The van der Waals surface area contributed by atoms with E-state index in [2.05, 4.69) is 22.9 Å². The van der Waals surface area contributed by atoms with Gasteiger partial charge < -0.3 is 9.80 Å². The maximum absolute atomic E-state index is 13.7. The quantitative estimate of drug-likeness (QED) is 0.831. The topological polar surface area (TPSA) is 30.3 Å². The van der Waals surface area contributed by atoms with Crippen LogP contribution in [0, 0.1) is 23.1 Å². The summed E-state index contributed by atoms with van der Waals surface area (Å²) in [4.78, 5) is 4.47. The molecule has 0 spiro atoms. The predicted octanol–water partition coefficient (Wildman–Crippen LogP) is 2.08. The molecule has 3 nitrogen and oxygen atoms in total. The fourth-order valence-corrected chi connectivity index (χ4v) is 2.74. The zero-order valence-corrected chi connectivity index (χ0v) is 11.6. The third-order valence-corrected chi connectivity index (χ3v) is 3.67. The Hall–Kier alpha value is -1.44. The van der Waals surface area contributed by atoms with Gasteiger partial charge in [0.15, 0.2) is 0 Å². The van der Waals surface area contributed by atoms with Crippen molar-refractivity contribution in [3.05, 3.63) is 35.1 Å². The van der Waals surface area contributed by atoms with Crippen LogP contribution in [-0.2, 0) is 6.54 Å². The summed E-state index contributed by atoms with van der Waals surface area (Å²) in [5.41, 5.74) is 1.12. The molecule has 1 atom stereocenters. The van der Waals surface area contributed by atoms with Crippen molar-refractivity contribution in [3.63, 3.8) is 0 Å². The lowest BCUT2D eigenvalue weighted by molar-refractivity contribution is 0.264. The van der Waals surface area contributed by atoms with Gasteiger partial charge in [-0.05, 0) is 51.2 Å². The van der Waals surface area contributed by atoms with Gasteiger partial charge in [-0.3, -0.25) is 0 Å². The van der Waals surface area contributed by atoms with Crippen molar-refractivity contribution in [1.82, 2.24) is 9.80 Å². The summed E-state index contributed by atoms with van der Waals surface area (Å²) in [6.45, 7) is 3.80. The van der Waals surface area contributed by atoms with Crippen LogP contribution < -0.4 is 0 Å². The maximum Gasteiger partial charge on any atom is 0.127 e. The molecule has 0 aromatic heterocycles. The summed E-state index contributed by atoms with van der Waals surface area (Å²) in [7, 11) is 4.15. The fraction of sp³-hybridized carbons (Fsp3) is 0.533. The molecule has 1 saturated heterocycles. The van der Waals surface area contributed by atoms with Gasteiger partial charge in [-0.25, -0.2) is 4.39 Å². The number of halogens is 1. The number of nitriles is 1. The molecule has 1 fully saturated rings. The van der Waals surface area contributed by atoms with E-state index >= 15 is 0 Å². The minimum atomic E-state index is -0.227. The summed E-state index contributed by atoms with van der Waals surface area (Å²) in [5.74, 6) is 0.437. The lowest BCUT2D eigenvalue weighted by atomic mass is 10.1. The number of hydrogen-bond donors (Lipinski definition) is 0. The van der Waals surface area contributed by atoms with E-state index in [9.17, 15) is 4.39 Å². The van der Waals surface area contributed by atoms with Crippen LogP contribution in [0.25, 0.3) is 0 Å². The minimum Gasteiger partial charge on any atom is -0.306 e. The molecule has 0 saturated carbocycles. The molecule has 0 amide bonds. The van der Waals surface area contributed by atoms with E-state index in [1.807, 2.05) is 7.05 Å². The first-order valence-corrected chi connectivity index (χ1v) is 6.64. The molecular weight excluding hydrogens is 241 g/mol. The summed E-state index contributed by atoms with van der Waals surface area (Å²) in [5, 5.41) is 8.85. The molecular formula is C15H20FN3. The highest BCUT2D eigenvalue weighted by Gasteiger charge is 2.21. The second kappa shape index (κ2) is 6.14. The van der Waals surface area contributed by atoms with Crippen molar-refractivity contribution < 1.29 is 4.39 Å². The zero-order valence-electron chi connectivity index (χ0n) is 11.6. The van der Waals surface area contributed by atoms with Crippen molar-refractivity contribution in [3.8, 4) is 6.07 Å². The van der Waals surface area contributed by atoms with E-state index in [0.717, 1.165) is 19.6 Å². The van der Waals surface area contributed by atoms with Gasteiger partial charge in [0.25, 0.3) is 0 Å². The van der Waals surface area contributed by atoms with E-state index in [-0.39, 0.29) is 5.82 Å². The molecule has 1 aromatic rings. The van der Waals surface area contributed by atoms with E-state index in [1.165, 1.54) is 18.6 Å². The highest BCUT2D eigenvalue weighted by molar-refractivity contribution is 5.33. The third kappa shape index (κ3) is 3.76. The molecule has 102 valence electrons. The molecule has 0 N–H and O–H groups in total. The lowest BCUT2D eigenvalue weighted by Crippen LogP contribution is -2.27. The van der Waals surface area contributed by atoms with Gasteiger partial charge in [0.2, 0.25) is 0 Å². The average Bonchev–Trinajstić information content (AvgIpc) is 2.77. The zero-order chi connectivity index (χ0) is 13.8. The Balaban J connectivity index is 1.95. The van der Waals surface area contributed by atoms with Crippen molar-refractivity contribution in [2.75, 3.05) is 33.7 Å². The Labute approximate surface area is 114 Å². The van der Waals surface area contributed by atoms with Crippen LogP contribution >= 0.6 is 0 Å². The molecule has 0 bridgehead atoms. The standard InChI is InChI=1S/C15H20FN3/c1-18-6-5-13(9-18)10-19(2)11-14-7-12(8-17)3-4-15(14)16/h3-4,7,13H,5-6,9-11H2,1-2H3. The smallest absolute Gasteiger partial charge is 0.127 e. The molecule has 1 aromatic carbocycles. The summed E-state index contributed by atoms with van der Waals surface area (Å²) in [6, 6.07) is 6.60. The van der Waals surface area contributed by atoms with E-state index in [1.54, 1.807) is 6.07 Å². The molecule has 19 heavy (non-hydrogen) atoms. The summed E-state index contributed by atoms with van der Waals surface area (Å²) < 4.78 is 13.7. The van der Waals surface area contributed by atoms with E-state index in [4.69, 9.17) is 5.26 Å². The van der Waals surface area contributed by atoms with Gasteiger partial charge >= 0.3 is 0 Å². The Morgan fingerprint density at radius 1 is 1.53 bits per heavy atom. The average molecular weight is 261 g/mol. The Morgan fingerprint density at radius 3 is 2.95 bits per heavy atom. The first kappa shape index (κ1) is 14.0. The van der Waals surface area contributed by atoms with Crippen LogP contribution in [0.4, 0.5) is 4.39 Å². The van der Waals surface area contributed by atoms with Crippen LogP contribution in [0.1, 0.15) is 17.5 Å².